The maximum Gasteiger partial charge on any atom is 0.459 e. The van der Waals surface area contributed by atoms with Gasteiger partial charge in [-0.2, -0.15) is 35.5 Å². The number of fused-ring (bicyclic) bond motifs is 2. The standard InChI is InChI=1S/C24H30N7O8P.C14H18N6O4.C10H13ClNO4P/c1-5-36-20-17-19(28-23(26)29-20)31(13-27-17)22-24(3,12-25)18(32)16(38-22)11-37-40(34,30-14(2)21(33)35-4)39-15-9-7-6-8-10-15;1-3-23-11-8-10(18-13(16)19-11)20(6-17-8)12-14(2,5-15)9(22)7(4-21)24-12;1-8(10(13)15-2)12-17(11,14)16-9-6-4-3-5-7-9/h6-10,13-14,16,18,22,32H,5,11H2,1-4H3,(H,30,34)(H2,26,28,29);6-7,9,12,21-22H,3-4H2,1-2H3,(H2,16,18,19);3-8H,1-2H3,(H,12,14)/t14-,16+,18+,22+,24+,40?;7-,9-,12-,14-;8-,17?/m010/s1. The van der Waals surface area contributed by atoms with Crippen LogP contribution in [0, 0.1) is 33.5 Å². The predicted molar refractivity (Wildman–Crippen MR) is 287 cm³/mol. The van der Waals surface area contributed by atoms with E-state index in [-0.39, 0.29) is 40.6 Å². The second-order valence-corrected chi connectivity index (χ2v) is 22.5. The van der Waals surface area contributed by atoms with Gasteiger partial charge in [-0.15, -0.1) is 0 Å². The van der Waals surface area contributed by atoms with Crippen molar-refractivity contribution in [2.24, 2.45) is 10.8 Å². The fraction of sp³-hybridized carbons (Fsp3) is 0.458. The first-order chi connectivity index (χ1) is 38.4. The largest absolute Gasteiger partial charge is 0.476 e. The Morgan fingerprint density at radius 2 is 1.16 bits per heavy atom. The molecule has 2 aromatic carbocycles. The summed E-state index contributed by atoms with van der Waals surface area (Å²) in [6.07, 6.45) is -3.82. The first-order valence-corrected chi connectivity index (χ1v) is 28.6. The summed E-state index contributed by atoms with van der Waals surface area (Å²) in [6.45, 7) is 5.71. The number of methoxy groups -OCH3 is 2. The zero-order chi connectivity index (χ0) is 59.5. The lowest BCUT2D eigenvalue weighted by Crippen LogP contribution is -2.38. The van der Waals surface area contributed by atoms with Crippen molar-refractivity contribution in [1.82, 2.24) is 49.2 Å². The highest BCUT2D eigenvalue weighted by atomic mass is 35.7. The molecule has 2 fully saturated rings. The number of nitrogens with zero attached hydrogens (tertiary/aromatic N) is 10. The number of halogens is 1. The monoisotopic (exact) mass is 1190 g/mol. The average molecular weight is 1190 g/mol. The number of aliphatic hydroxyl groups excluding tert-OH is 3. The molecule has 0 saturated carbocycles. The van der Waals surface area contributed by atoms with E-state index < -0.39 is 99.6 Å². The van der Waals surface area contributed by atoms with E-state index in [1.807, 2.05) is 0 Å². The van der Waals surface area contributed by atoms with Crippen molar-refractivity contribution in [3.05, 3.63) is 73.3 Å². The van der Waals surface area contributed by atoms with Crippen molar-refractivity contribution in [2.75, 3.05) is 52.1 Å². The van der Waals surface area contributed by atoms with E-state index in [1.165, 1.54) is 56.8 Å². The van der Waals surface area contributed by atoms with E-state index in [4.69, 9.17) is 60.0 Å². The van der Waals surface area contributed by atoms with Crippen molar-refractivity contribution in [3.63, 3.8) is 0 Å². The number of aliphatic hydroxyl groups is 3. The SMILES string of the molecule is CCOc1nc(N)nc2c1ncn2[C@@H]1O[C@H](CO)[C@@H](O)[C@@]1(C)C#N.CCOc1nc(N)nc2c1ncn2[C@@H]1O[C@H](COP(=O)(N[C@@H](C)C(=O)OC)Oc2ccccc2)[C@@H](O)[C@@]1(C)C#N.COC(=O)[C@H](C)NP(=O)(Cl)Oc1ccccc1. The minimum atomic E-state index is -4.23. The number of carbonyl (C=O) groups is 2. The summed E-state index contributed by atoms with van der Waals surface area (Å²) in [5.41, 5.74) is 9.97. The molecule has 4 aromatic heterocycles. The number of anilines is 2. The first kappa shape index (κ1) is 62.9. The molecule has 2 unspecified atom stereocenters. The maximum absolute atomic E-state index is 13.7. The third-order valence-electron chi connectivity index (χ3n) is 12.3. The lowest BCUT2D eigenvalue weighted by Gasteiger charge is -2.26. The van der Waals surface area contributed by atoms with Crippen LogP contribution in [0.5, 0.6) is 23.3 Å². The molecule has 436 valence electrons. The van der Waals surface area contributed by atoms with Crippen LogP contribution in [0.2, 0.25) is 0 Å². The van der Waals surface area contributed by atoms with Gasteiger partial charge in [0.2, 0.25) is 23.7 Å². The second kappa shape index (κ2) is 27.0. The average Bonchev–Trinajstić information content (AvgIpc) is 4.19. The molecule has 2 aliphatic heterocycles. The van der Waals surface area contributed by atoms with Crippen LogP contribution in [0.1, 0.15) is 54.0 Å². The molecular weight excluding hydrogens is 1130 g/mol. The number of hydrogen-bond acceptors (Lipinski definition) is 26. The lowest BCUT2D eigenvalue weighted by molar-refractivity contribution is -0.143. The van der Waals surface area contributed by atoms with Crippen molar-refractivity contribution in [3.8, 4) is 35.4 Å². The molecule has 0 radical (unpaired) electrons. The molecule has 8 rings (SSSR count). The first-order valence-electron chi connectivity index (χ1n) is 24.6. The van der Waals surface area contributed by atoms with Gasteiger partial charge in [0.15, 0.2) is 34.8 Å². The van der Waals surface area contributed by atoms with Crippen LogP contribution in [-0.4, -0.2) is 143 Å². The molecule has 2 saturated heterocycles. The number of hydrogen-bond donors (Lipinski definition) is 7. The van der Waals surface area contributed by atoms with Crippen LogP contribution in [0.4, 0.5) is 11.9 Å². The molecule has 2 aliphatic rings. The van der Waals surface area contributed by atoms with Crippen LogP contribution in [0.25, 0.3) is 22.3 Å². The minimum absolute atomic E-state index is 0.0105. The van der Waals surface area contributed by atoms with Crippen molar-refractivity contribution in [2.45, 2.75) is 90.5 Å². The molecule has 0 amide bonds. The van der Waals surface area contributed by atoms with E-state index in [2.05, 4.69) is 57.0 Å². The fourth-order valence-electron chi connectivity index (χ4n) is 8.14. The summed E-state index contributed by atoms with van der Waals surface area (Å²) in [7, 11) is -1.81. The van der Waals surface area contributed by atoms with Gasteiger partial charge in [0.05, 0.1) is 65.4 Å². The zero-order valence-electron chi connectivity index (χ0n) is 44.9. The molecule has 0 aliphatic carbocycles. The van der Waals surface area contributed by atoms with Gasteiger partial charge in [-0.05, 0) is 65.8 Å². The van der Waals surface area contributed by atoms with E-state index in [1.54, 1.807) is 81.4 Å². The Kier molecular flexibility index (Phi) is 20.9. The molecule has 0 spiro atoms. The number of nitrogen functional groups attached to an aromatic ring is 2. The van der Waals surface area contributed by atoms with Crippen LogP contribution in [0.3, 0.4) is 0 Å². The van der Waals surface area contributed by atoms with Crippen molar-refractivity contribution >= 4 is 72.0 Å². The lowest BCUT2D eigenvalue weighted by atomic mass is 9.84. The molecule has 0 bridgehead atoms. The Morgan fingerprint density at radius 1 is 0.741 bits per heavy atom. The fourth-order valence-corrected chi connectivity index (χ4v) is 11.3. The Hall–Kier alpha value is -7.31. The number of aromatic nitrogens is 8. The molecular formula is C48H61ClN14O16P2. The van der Waals surface area contributed by atoms with Gasteiger partial charge in [-0.25, -0.2) is 24.2 Å². The third-order valence-corrected chi connectivity index (χ3v) is 15.5. The van der Waals surface area contributed by atoms with Gasteiger partial charge in [-0.1, -0.05) is 36.4 Å². The number of benzene rings is 2. The number of esters is 2. The van der Waals surface area contributed by atoms with Gasteiger partial charge in [0.25, 0.3) is 0 Å². The van der Waals surface area contributed by atoms with Crippen molar-refractivity contribution in [1.29, 1.82) is 10.5 Å². The number of rotatable bonds is 20. The van der Waals surface area contributed by atoms with Crippen LogP contribution in [-0.2, 0) is 42.2 Å². The molecule has 9 N–H and O–H groups in total. The van der Waals surface area contributed by atoms with E-state index in [9.17, 15) is 44.6 Å². The number of nitrogens with one attached hydrogen (secondary N) is 2. The van der Waals surface area contributed by atoms with Gasteiger partial charge in [0.1, 0.15) is 58.8 Å². The Labute approximate surface area is 468 Å². The highest BCUT2D eigenvalue weighted by Gasteiger charge is 2.57. The smallest absolute Gasteiger partial charge is 0.459 e. The summed E-state index contributed by atoms with van der Waals surface area (Å²) in [4.78, 5) is 48.1. The summed E-state index contributed by atoms with van der Waals surface area (Å²) < 4.78 is 76.6. The van der Waals surface area contributed by atoms with Crippen LogP contribution in [0.15, 0.2) is 73.3 Å². The maximum atomic E-state index is 13.7. The molecule has 6 aromatic rings. The number of carbonyl (C=O) groups excluding carboxylic acids is 2. The number of imidazole rings is 2. The molecule has 30 nitrogen and oxygen atoms in total. The normalized spacial score (nSPS) is 24.3. The minimum Gasteiger partial charge on any atom is -0.476 e. The summed E-state index contributed by atoms with van der Waals surface area (Å²) in [6, 6.07) is 18.9. The van der Waals surface area contributed by atoms with Crippen LogP contribution >= 0.6 is 25.9 Å². The van der Waals surface area contributed by atoms with Crippen LogP contribution < -0.4 is 40.2 Å². The summed E-state index contributed by atoms with van der Waals surface area (Å²) >= 11 is 5.68. The van der Waals surface area contributed by atoms with E-state index in [0.717, 1.165) is 0 Å². The van der Waals surface area contributed by atoms with Gasteiger partial charge in [-0.3, -0.25) is 23.2 Å². The predicted octanol–water partition coefficient (Wildman–Crippen LogP) is 4.10. The Morgan fingerprint density at radius 3 is 1.58 bits per heavy atom. The highest BCUT2D eigenvalue weighted by molar-refractivity contribution is 7.84. The van der Waals surface area contributed by atoms with Crippen molar-refractivity contribution < 1.29 is 76.0 Å². The zero-order valence-corrected chi connectivity index (χ0v) is 47.5. The van der Waals surface area contributed by atoms with E-state index >= 15 is 0 Å². The highest BCUT2D eigenvalue weighted by Crippen LogP contribution is 2.51. The Balaban J connectivity index is 0.000000218. The molecule has 12 atom stereocenters. The number of nitriles is 2. The molecule has 33 heteroatoms. The quantitative estimate of drug-likeness (QED) is 0.0418. The second-order valence-electron chi connectivity index (χ2n) is 18.0. The Bertz CT molecular complexity index is 3320. The molecule has 6 heterocycles. The molecule has 81 heavy (non-hydrogen) atoms. The number of nitrogens with two attached hydrogens (primary N) is 2. The third kappa shape index (κ3) is 14.4. The van der Waals surface area contributed by atoms with Gasteiger partial charge in [0, 0.05) is 11.2 Å². The van der Waals surface area contributed by atoms with Gasteiger partial charge < -0.3 is 64.3 Å². The topological polar surface area (TPSA) is 423 Å². The van der Waals surface area contributed by atoms with Gasteiger partial charge >= 0.3 is 26.6 Å². The summed E-state index contributed by atoms with van der Waals surface area (Å²) in [5.74, 6) is -0.411. The summed E-state index contributed by atoms with van der Waals surface area (Å²) in [5, 5.41) is 55.4. The number of para-hydroxylation sites is 2. The number of ether oxygens (including phenoxy) is 6. The van der Waals surface area contributed by atoms with E-state index in [0.29, 0.717) is 30.1 Å².